The number of hydrogen-bond donors (Lipinski definition) is 2. The molecule has 1 aliphatic rings. The van der Waals surface area contributed by atoms with E-state index in [9.17, 15) is 9.59 Å². The Bertz CT molecular complexity index is 1070. The third-order valence-corrected chi connectivity index (χ3v) is 7.15. The van der Waals surface area contributed by atoms with Crippen LogP contribution in [-0.2, 0) is 24.1 Å². The summed E-state index contributed by atoms with van der Waals surface area (Å²) < 4.78 is 0. The van der Waals surface area contributed by atoms with E-state index in [4.69, 9.17) is 0 Å². The number of hydrogen-bond acceptors (Lipinski definition) is 5. The lowest BCUT2D eigenvalue weighted by Crippen LogP contribution is -2.16. The van der Waals surface area contributed by atoms with Gasteiger partial charge in [0.2, 0.25) is 5.91 Å². The van der Waals surface area contributed by atoms with Crippen molar-refractivity contribution in [2.24, 2.45) is 5.92 Å². The monoisotopic (exact) mass is 413 g/mol. The van der Waals surface area contributed by atoms with Gasteiger partial charge in [0, 0.05) is 10.6 Å². The minimum absolute atomic E-state index is 0.0879. The van der Waals surface area contributed by atoms with Crippen LogP contribution in [0.4, 0.5) is 5.69 Å². The molecule has 1 atom stereocenters. The van der Waals surface area contributed by atoms with E-state index in [1.165, 1.54) is 27.8 Å². The second-order valence-electron chi connectivity index (χ2n) is 7.29. The van der Waals surface area contributed by atoms with Crippen LogP contribution in [0.5, 0.6) is 0 Å². The number of aromatic nitrogens is 2. The molecule has 2 heterocycles. The predicted molar refractivity (Wildman–Crippen MR) is 117 cm³/mol. The lowest BCUT2D eigenvalue weighted by molar-refractivity contribution is -0.113. The molecule has 1 aliphatic carbocycles. The normalized spacial score (nSPS) is 16.1. The summed E-state index contributed by atoms with van der Waals surface area (Å²) in [5.41, 5.74) is 3.10. The number of nitrogens with one attached hydrogen (secondary N) is 2. The van der Waals surface area contributed by atoms with Gasteiger partial charge in [-0.1, -0.05) is 37.7 Å². The first-order chi connectivity index (χ1) is 13.5. The van der Waals surface area contributed by atoms with Crippen LogP contribution in [0.2, 0.25) is 0 Å². The Kier molecular flexibility index (Phi) is 5.55. The summed E-state index contributed by atoms with van der Waals surface area (Å²) in [6.07, 6.45) is 4.06. The van der Waals surface area contributed by atoms with Gasteiger partial charge in [-0.25, -0.2) is 4.98 Å². The van der Waals surface area contributed by atoms with Crippen molar-refractivity contribution in [2.45, 2.75) is 44.7 Å². The van der Waals surface area contributed by atoms with Gasteiger partial charge in [-0.05, 0) is 54.9 Å². The fourth-order valence-electron chi connectivity index (χ4n) is 3.55. The van der Waals surface area contributed by atoms with Gasteiger partial charge in [0.25, 0.3) is 5.56 Å². The third-order valence-electron chi connectivity index (χ3n) is 5.13. The van der Waals surface area contributed by atoms with Crippen molar-refractivity contribution in [3.8, 4) is 0 Å². The van der Waals surface area contributed by atoms with Gasteiger partial charge >= 0.3 is 0 Å². The zero-order valence-corrected chi connectivity index (χ0v) is 17.6. The first kappa shape index (κ1) is 19.2. The Hall–Kier alpha value is -2.12. The number of aromatic amines is 1. The lowest BCUT2D eigenvalue weighted by Gasteiger charge is -2.17. The number of benzene rings is 1. The minimum atomic E-state index is -0.115. The summed E-state index contributed by atoms with van der Waals surface area (Å²) in [4.78, 5) is 34.4. The van der Waals surface area contributed by atoms with Gasteiger partial charge in [-0.15, -0.1) is 11.3 Å². The summed E-state index contributed by atoms with van der Waals surface area (Å²) in [7, 11) is 0. The Morgan fingerprint density at radius 2 is 2.14 bits per heavy atom. The van der Waals surface area contributed by atoms with Gasteiger partial charge in [0.1, 0.15) is 4.83 Å². The van der Waals surface area contributed by atoms with Gasteiger partial charge < -0.3 is 10.3 Å². The van der Waals surface area contributed by atoms with Crippen molar-refractivity contribution in [3.63, 3.8) is 0 Å². The molecule has 0 unspecified atom stereocenters. The van der Waals surface area contributed by atoms with Crippen molar-refractivity contribution in [1.29, 1.82) is 0 Å². The van der Waals surface area contributed by atoms with Gasteiger partial charge in [0.15, 0.2) is 5.16 Å². The van der Waals surface area contributed by atoms with Crippen molar-refractivity contribution in [1.82, 2.24) is 9.97 Å². The van der Waals surface area contributed by atoms with E-state index in [0.29, 0.717) is 11.1 Å². The average Bonchev–Trinajstić information content (AvgIpc) is 3.04. The maximum Gasteiger partial charge on any atom is 0.260 e. The maximum atomic E-state index is 12.6. The van der Waals surface area contributed by atoms with Gasteiger partial charge in [-0.2, -0.15) is 0 Å². The Morgan fingerprint density at radius 3 is 2.89 bits per heavy atom. The number of H-pyrrole nitrogens is 1. The molecule has 5 nitrogen and oxygen atoms in total. The number of carbonyl (C=O) groups is 1. The standard InChI is InChI=1S/C21H23N3O2S2/c1-3-13-5-7-14(8-6-13)22-17(25)11-27-21-23-19(26)18-15-9-4-12(2)10-16(15)28-20(18)24-21/h5-8,12H,3-4,9-11H2,1-2H3,(H,22,25)(H,23,24,26)/t12-/m1/s1. The van der Waals surface area contributed by atoms with Crippen LogP contribution < -0.4 is 10.9 Å². The highest BCUT2D eigenvalue weighted by molar-refractivity contribution is 7.99. The number of nitrogens with zero attached hydrogens (tertiary/aromatic N) is 1. The van der Waals surface area contributed by atoms with E-state index in [1.807, 2.05) is 24.3 Å². The summed E-state index contributed by atoms with van der Waals surface area (Å²) in [6, 6.07) is 7.83. The molecule has 0 saturated carbocycles. The van der Waals surface area contributed by atoms with Crippen LogP contribution in [0.15, 0.2) is 34.2 Å². The van der Waals surface area contributed by atoms with Crippen LogP contribution >= 0.6 is 23.1 Å². The highest BCUT2D eigenvalue weighted by Crippen LogP contribution is 2.36. The molecule has 0 fully saturated rings. The Morgan fingerprint density at radius 1 is 1.36 bits per heavy atom. The summed E-state index contributed by atoms with van der Waals surface area (Å²) >= 11 is 2.89. The summed E-state index contributed by atoms with van der Waals surface area (Å²) in [6.45, 7) is 4.35. The molecular weight excluding hydrogens is 390 g/mol. The quantitative estimate of drug-likeness (QED) is 0.480. The van der Waals surface area contributed by atoms with E-state index in [-0.39, 0.29) is 17.2 Å². The van der Waals surface area contributed by atoms with Gasteiger partial charge in [-0.3, -0.25) is 9.59 Å². The van der Waals surface area contributed by atoms with E-state index < -0.39 is 0 Å². The topological polar surface area (TPSA) is 74.8 Å². The first-order valence-corrected chi connectivity index (χ1v) is 11.4. The van der Waals surface area contributed by atoms with Crippen LogP contribution in [0.25, 0.3) is 10.2 Å². The molecule has 146 valence electrons. The fourth-order valence-corrected chi connectivity index (χ4v) is 5.65. The smallest absolute Gasteiger partial charge is 0.260 e. The summed E-state index contributed by atoms with van der Waals surface area (Å²) in [5.74, 6) is 0.742. The number of aryl methyl sites for hydroxylation is 2. The first-order valence-electron chi connectivity index (χ1n) is 9.59. The predicted octanol–water partition coefficient (Wildman–Crippen LogP) is 4.40. The molecule has 1 amide bonds. The molecule has 0 radical (unpaired) electrons. The lowest BCUT2D eigenvalue weighted by atomic mass is 9.89. The number of thiophene rings is 1. The molecule has 2 aromatic heterocycles. The molecular formula is C21H23N3O2S2. The Labute approximate surface area is 172 Å². The minimum Gasteiger partial charge on any atom is -0.325 e. The fraction of sp³-hybridized carbons (Fsp3) is 0.381. The molecule has 7 heteroatoms. The van der Waals surface area contributed by atoms with Crippen molar-refractivity contribution in [2.75, 3.05) is 11.1 Å². The number of anilines is 1. The zero-order chi connectivity index (χ0) is 19.7. The second-order valence-corrected chi connectivity index (χ2v) is 9.34. The molecule has 0 aliphatic heterocycles. The van der Waals surface area contributed by atoms with Crippen molar-refractivity contribution in [3.05, 3.63) is 50.6 Å². The molecule has 2 N–H and O–H groups in total. The number of thioether (sulfide) groups is 1. The highest BCUT2D eigenvalue weighted by Gasteiger charge is 2.23. The van der Waals surface area contributed by atoms with Crippen molar-refractivity contribution < 1.29 is 4.79 Å². The zero-order valence-electron chi connectivity index (χ0n) is 16.0. The Balaban J connectivity index is 1.46. The largest absolute Gasteiger partial charge is 0.325 e. The molecule has 0 bridgehead atoms. The molecule has 3 aromatic rings. The molecule has 1 aromatic carbocycles. The van der Waals surface area contributed by atoms with E-state index >= 15 is 0 Å². The van der Waals surface area contributed by atoms with Gasteiger partial charge in [0.05, 0.1) is 11.1 Å². The molecule has 4 rings (SSSR count). The van der Waals surface area contributed by atoms with E-state index in [0.717, 1.165) is 41.6 Å². The van der Waals surface area contributed by atoms with Crippen LogP contribution in [-0.4, -0.2) is 21.6 Å². The SMILES string of the molecule is CCc1ccc(NC(=O)CSc2nc3sc4c(c3c(=O)[nH]2)CC[C@@H](C)C4)cc1. The van der Waals surface area contributed by atoms with E-state index in [1.54, 1.807) is 11.3 Å². The maximum absolute atomic E-state index is 12.6. The molecule has 0 spiro atoms. The van der Waals surface area contributed by atoms with Crippen LogP contribution in [0.3, 0.4) is 0 Å². The highest BCUT2D eigenvalue weighted by atomic mass is 32.2. The van der Waals surface area contributed by atoms with Crippen molar-refractivity contribution >= 4 is 44.9 Å². The van der Waals surface area contributed by atoms with Crippen LogP contribution in [0.1, 0.15) is 36.3 Å². The number of carbonyl (C=O) groups excluding carboxylic acids is 1. The summed E-state index contributed by atoms with van der Waals surface area (Å²) in [5, 5.41) is 4.13. The van der Waals surface area contributed by atoms with E-state index in [2.05, 4.69) is 29.1 Å². The van der Waals surface area contributed by atoms with Crippen LogP contribution in [0, 0.1) is 5.92 Å². The number of rotatable bonds is 5. The number of fused-ring (bicyclic) bond motifs is 3. The molecule has 28 heavy (non-hydrogen) atoms. The molecule has 0 saturated heterocycles. The average molecular weight is 414 g/mol. The number of amides is 1. The second kappa shape index (κ2) is 8.09. The third kappa shape index (κ3) is 4.00.